The van der Waals surface area contributed by atoms with E-state index in [0.29, 0.717) is 24.5 Å². The molecular weight excluding hydrogens is 342 g/mol. The summed E-state index contributed by atoms with van der Waals surface area (Å²) in [6.45, 7) is 6.10. The second kappa shape index (κ2) is 10.7. The number of anilines is 3. The second-order valence-corrected chi connectivity index (χ2v) is 5.90. The fraction of sp³-hybridized carbons (Fsp3) is 0.238. The lowest BCUT2D eigenvalue weighted by Crippen LogP contribution is -2.21. The first-order valence-corrected chi connectivity index (χ1v) is 8.88. The molecule has 0 aliphatic heterocycles. The van der Waals surface area contributed by atoms with Crippen LogP contribution >= 0.6 is 0 Å². The van der Waals surface area contributed by atoms with Gasteiger partial charge in [-0.1, -0.05) is 25.6 Å². The minimum Gasteiger partial charge on any atom is -0.489 e. The molecule has 0 aliphatic carbocycles. The highest BCUT2D eigenvalue weighted by molar-refractivity contribution is 5.94. The molecule has 0 aromatic heterocycles. The van der Waals surface area contributed by atoms with Gasteiger partial charge < -0.3 is 20.7 Å². The molecule has 2 rings (SSSR count). The van der Waals surface area contributed by atoms with Gasteiger partial charge in [-0.25, -0.2) is 0 Å². The van der Waals surface area contributed by atoms with Crippen LogP contribution < -0.4 is 20.7 Å². The fourth-order valence-corrected chi connectivity index (χ4v) is 2.33. The molecule has 0 saturated carbocycles. The molecule has 0 unspecified atom stereocenters. The Labute approximate surface area is 159 Å². The zero-order valence-electron chi connectivity index (χ0n) is 15.5. The summed E-state index contributed by atoms with van der Waals surface area (Å²) in [6.07, 6.45) is 2.97. The van der Waals surface area contributed by atoms with Crippen molar-refractivity contribution in [2.24, 2.45) is 0 Å². The molecule has 6 nitrogen and oxygen atoms in total. The number of rotatable bonds is 10. The van der Waals surface area contributed by atoms with E-state index < -0.39 is 0 Å². The molecule has 0 aliphatic rings. The molecule has 0 saturated heterocycles. The fourth-order valence-electron chi connectivity index (χ4n) is 2.33. The first kappa shape index (κ1) is 20.0. The van der Waals surface area contributed by atoms with Gasteiger partial charge in [0.25, 0.3) is 0 Å². The summed E-state index contributed by atoms with van der Waals surface area (Å²) >= 11 is 0. The van der Waals surface area contributed by atoms with Crippen molar-refractivity contribution in [2.45, 2.75) is 19.8 Å². The quantitative estimate of drug-likeness (QED) is 0.554. The zero-order valence-corrected chi connectivity index (χ0v) is 15.5. The predicted octanol–water partition coefficient (Wildman–Crippen LogP) is 4.04. The summed E-state index contributed by atoms with van der Waals surface area (Å²) in [6, 6.07) is 14.4. The predicted molar refractivity (Wildman–Crippen MR) is 109 cm³/mol. The summed E-state index contributed by atoms with van der Waals surface area (Å²) in [5.74, 6) is 0.495. The Morgan fingerprint density at radius 2 is 1.70 bits per heavy atom. The van der Waals surface area contributed by atoms with Crippen molar-refractivity contribution in [3.63, 3.8) is 0 Å². The third-order valence-electron chi connectivity index (χ3n) is 3.58. The van der Waals surface area contributed by atoms with Gasteiger partial charge in [-0.15, -0.1) is 0 Å². The molecule has 2 amide bonds. The summed E-state index contributed by atoms with van der Waals surface area (Å²) < 4.78 is 5.45. The molecule has 2 aromatic carbocycles. The van der Waals surface area contributed by atoms with Crippen LogP contribution in [0.1, 0.15) is 19.8 Å². The van der Waals surface area contributed by atoms with E-state index in [-0.39, 0.29) is 18.4 Å². The highest BCUT2D eigenvalue weighted by atomic mass is 16.5. The molecule has 0 radical (unpaired) electrons. The number of hydrogen-bond acceptors (Lipinski definition) is 4. The molecule has 3 N–H and O–H groups in total. The van der Waals surface area contributed by atoms with Crippen molar-refractivity contribution in [1.82, 2.24) is 0 Å². The molecule has 27 heavy (non-hydrogen) atoms. The van der Waals surface area contributed by atoms with Gasteiger partial charge >= 0.3 is 0 Å². The lowest BCUT2D eigenvalue weighted by atomic mass is 10.2. The normalized spacial score (nSPS) is 9.96. The van der Waals surface area contributed by atoms with Gasteiger partial charge in [0.05, 0.1) is 6.54 Å². The molecule has 0 bridgehead atoms. The average Bonchev–Trinajstić information content (AvgIpc) is 2.66. The summed E-state index contributed by atoms with van der Waals surface area (Å²) in [4.78, 5) is 23.7. The summed E-state index contributed by atoms with van der Waals surface area (Å²) in [5.41, 5.74) is 2.19. The molecule has 0 fully saturated rings. The van der Waals surface area contributed by atoms with E-state index in [0.717, 1.165) is 17.8 Å². The maximum Gasteiger partial charge on any atom is 0.243 e. The van der Waals surface area contributed by atoms with E-state index in [1.807, 2.05) is 31.2 Å². The van der Waals surface area contributed by atoms with Crippen molar-refractivity contribution in [2.75, 3.05) is 29.1 Å². The van der Waals surface area contributed by atoms with Gasteiger partial charge in [-0.05, 0) is 42.8 Å². The molecule has 142 valence electrons. The van der Waals surface area contributed by atoms with Crippen LogP contribution in [0.4, 0.5) is 17.1 Å². The number of amides is 2. The van der Waals surface area contributed by atoms with Crippen LogP contribution in [0.25, 0.3) is 0 Å². The van der Waals surface area contributed by atoms with E-state index in [9.17, 15) is 9.59 Å². The highest BCUT2D eigenvalue weighted by Gasteiger charge is 2.05. The molecule has 0 atom stereocenters. The van der Waals surface area contributed by atoms with Gasteiger partial charge in [0, 0.05) is 29.5 Å². The van der Waals surface area contributed by atoms with E-state index >= 15 is 0 Å². The number of carbonyl (C=O) groups excluding carboxylic acids is 2. The summed E-state index contributed by atoms with van der Waals surface area (Å²) in [7, 11) is 0. The average molecular weight is 367 g/mol. The number of carbonyl (C=O) groups is 2. The number of ether oxygens (including phenoxy) is 1. The standard InChI is InChI=1S/C21H25N3O3/c1-3-6-20(25)23-17-11-9-16(10-12-17)22-15-21(26)24-18-7-5-8-19(14-18)27-13-4-2/h4-5,7-12,14,22H,2-3,6,13,15H2,1H3,(H,23,25)(H,24,26). The van der Waals surface area contributed by atoms with Crippen LogP contribution in [0.15, 0.2) is 61.2 Å². The molecular formula is C21H25N3O3. The van der Waals surface area contributed by atoms with Crippen molar-refractivity contribution < 1.29 is 14.3 Å². The van der Waals surface area contributed by atoms with Gasteiger partial charge in [0.15, 0.2) is 0 Å². The smallest absolute Gasteiger partial charge is 0.243 e. The van der Waals surface area contributed by atoms with E-state index in [4.69, 9.17) is 4.74 Å². The Bertz CT molecular complexity index is 772. The Balaban J connectivity index is 1.81. The SMILES string of the molecule is C=CCOc1cccc(NC(=O)CNc2ccc(NC(=O)CCC)cc2)c1. The zero-order chi connectivity index (χ0) is 19.5. The van der Waals surface area contributed by atoms with Gasteiger partial charge in [-0.2, -0.15) is 0 Å². The van der Waals surface area contributed by atoms with Gasteiger partial charge in [0.1, 0.15) is 12.4 Å². The van der Waals surface area contributed by atoms with Gasteiger partial charge in [-0.3, -0.25) is 9.59 Å². The lowest BCUT2D eigenvalue weighted by molar-refractivity contribution is -0.116. The van der Waals surface area contributed by atoms with Crippen molar-refractivity contribution >= 4 is 28.9 Å². The second-order valence-electron chi connectivity index (χ2n) is 5.90. The Kier molecular flexibility index (Phi) is 7.91. The van der Waals surface area contributed by atoms with Crippen LogP contribution in [-0.2, 0) is 9.59 Å². The Morgan fingerprint density at radius 3 is 2.41 bits per heavy atom. The molecule has 0 heterocycles. The lowest BCUT2D eigenvalue weighted by Gasteiger charge is -2.10. The summed E-state index contributed by atoms with van der Waals surface area (Å²) in [5, 5.41) is 8.69. The topological polar surface area (TPSA) is 79.5 Å². The van der Waals surface area contributed by atoms with E-state index in [1.165, 1.54) is 0 Å². The largest absolute Gasteiger partial charge is 0.489 e. The van der Waals surface area contributed by atoms with Gasteiger partial charge in [0.2, 0.25) is 11.8 Å². The van der Waals surface area contributed by atoms with Crippen LogP contribution in [-0.4, -0.2) is 25.0 Å². The Morgan fingerprint density at radius 1 is 1.00 bits per heavy atom. The van der Waals surface area contributed by atoms with Crippen molar-refractivity contribution in [1.29, 1.82) is 0 Å². The maximum atomic E-state index is 12.1. The minimum atomic E-state index is -0.170. The molecule has 0 spiro atoms. The number of benzene rings is 2. The third-order valence-corrected chi connectivity index (χ3v) is 3.58. The van der Waals surface area contributed by atoms with Crippen LogP contribution in [0.2, 0.25) is 0 Å². The van der Waals surface area contributed by atoms with Crippen molar-refractivity contribution in [3.8, 4) is 5.75 Å². The number of hydrogen-bond donors (Lipinski definition) is 3. The van der Waals surface area contributed by atoms with E-state index in [2.05, 4.69) is 22.5 Å². The van der Waals surface area contributed by atoms with Crippen LogP contribution in [0.5, 0.6) is 5.75 Å². The first-order chi connectivity index (χ1) is 13.1. The molecule has 6 heteroatoms. The van der Waals surface area contributed by atoms with Crippen LogP contribution in [0.3, 0.4) is 0 Å². The van der Waals surface area contributed by atoms with Crippen LogP contribution in [0, 0.1) is 0 Å². The first-order valence-electron chi connectivity index (χ1n) is 8.88. The molecule has 2 aromatic rings. The minimum absolute atomic E-state index is 0.00288. The third kappa shape index (κ3) is 7.23. The Hall–Kier alpha value is -3.28. The monoisotopic (exact) mass is 367 g/mol. The van der Waals surface area contributed by atoms with E-state index in [1.54, 1.807) is 30.3 Å². The maximum absolute atomic E-state index is 12.1. The highest BCUT2D eigenvalue weighted by Crippen LogP contribution is 2.17. The number of nitrogens with one attached hydrogen (secondary N) is 3. The van der Waals surface area contributed by atoms with Crippen molar-refractivity contribution in [3.05, 3.63) is 61.2 Å².